The molecular formula is C32H44N4O5. The molecule has 2 heterocycles. The number of nitrogens with zero attached hydrogens (tertiary/aromatic N) is 2. The van der Waals surface area contributed by atoms with Gasteiger partial charge in [0.15, 0.2) is 11.5 Å². The molecule has 2 N–H and O–H groups in total. The van der Waals surface area contributed by atoms with Gasteiger partial charge < -0.3 is 24.5 Å². The molecular weight excluding hydrogens is 520 g/mol. The van der Waals surface area contributed by atoms with Gasteiger partial charge >= 0.3 is 0 Å². The number of aryl methyl sites for hydroxylation is 1. The number of fused-ring (bicyclic) bond motifs is 6. The Labute approximate surface area is 243 Å². The Kier molecular flexibility index (Phi) is 8.45. The van der Waals surface area contributed by atoms with Gasteiger partial charge in [0.1, 0.15) is 17.5 Å². The van der Waals surface area contributed by atoms with Crippen LogP contribution < -0.4 is 20.1 Å². The number of oxazole rings is 1. The molecule has 2 amide bonds. The number of hydrogen-bond acceptors (Lipinski definition) is 7. The zero-order valence-corrected chi connectivity index (χ0v) is 25.2. The quantitative estimate of drug-likeness (QED) is 0.527. The molecule has 9 heteroatoms. The SMILES string of the molecule is COc1ccc2cc1OCCCN(CC1=CC[C@H]3C[C@@H]1C3(C)C)CC(=O)N[C@@H](C(C)C)C(=O)NCc1nc-2oc1C. The van der Waals surface area contributed by atoms with Crippen molar-refractivity contribution in [2.45, 2.75) is 66.5 Å². The molecule has 41 heavy (non-hydrogen) atoms. The van der Waals surface area contributed by atoms with Gasteiger partial charge in [-0.25, -0.2) is 4.98 Å². The van der Waals surface area contributed by atoms with Gasteiger partial charge in [-0.05, 0) is 67.6 Å². The van der Waals surface area contributed by atoms with Gasteiger partial charge in [0.25, 0.3) is 0 Å². The number of rotatable bonds is 4. The van der Waals surface area contributed by atoms with E-state index in [4.69, 9.17) is 13.9 Å². The van der Waals surface area contributed by atoms with Crippen LogP contribution in [0.4, 0.5) is 0 Å². The smallest absolute Gasteiger partial charge is 0.243 e. The van der Waals surface area contributed by atoms with Gasteiger partial charge in [-0.1, -0.05) is 39.3 Å². The zero-order chi connectivity index (χ0) is 29.3. The summed E-state index contributed by atoms with van der Waals surface area (Å²) in [6.07, 6.45) is 5.46. The standard InChI is InChI=1S/C32H44N4O5/c1-19(2)29-30(38)33-16-25-20(3)41-31(34-25)21-9-11-26(39-6)27(14-21)40-13-7-12-36(18-28(37)35-29)17-22-8-10-23-15-24(22)32(23,4)5/h8-9,11,14,19,23-24,29H,7,10,12-13,15-18H2,1-6H3,(H,33,38)(H,35,37)/t23-,24-,29-/m0/s1. The first-order valence-corrected chi connectivity index (χ1v) is 14.8. The van der Waals surface area contributed by atoms with Crippen LogP contribution in [0, 0.1) is 30.1 Å². The number of methoxy groups -OCH3 is 1. The number of carbonyl (C=O) groups excluding carboxylic acids is 2. The van der Waals surface area contributed by atoms with E-state index in [1.165, 1.54) is 12.0 Å². The van der Waals surface area contributed by atoms with Crippen molar-refractivity contribution in [3.05, 3.63) is 41.3 Å². The largest absolute Gasteiger partial charge is 0.493 e. The number of allylic oxidation sites excluding steroid dienone is 1. The Morgan fingerprint density at radius 1 is 1.24 bits per heavy atom. The lowest BCUT2D eigenvalue weighted by atomic mass is 9.49. The highest BCUT2D eigenvalue weighted by Gasteiger charge is 2.51. The molecule has 3 atom stereocenters. The van der Waals surface area contributed by atoms with E-state index in [0.717, 1.165) is 30.9 Å². The van der Waals surface area contributed by atoms with Crippen molar-refractivity contribution in [1.29, 1.82) is 0 Å². The molecule has 0 radical (unpaired) electrons. The third-order valence-electron chi connectivity index (χ3n) is 9.23. The number of carbonyl (C=O) groups is 2. The first-order chi connectivity index (χ1) is 19.6. The molecule has 1 aliphatic heterocycles. The van der Waals surface area contributed by atoms with Gasteiger partial charge in [0.05, 0.1) is 26.8 Å². The van der Waals surface area contributed by atoms with E-state index in [9.17, 15) is 9.59 Å². The van der Waals surface area contributed by atoms with Crippen LogP contribution in [0.5, 0.6) is 11.5 Å². The predicted molar refractivity (Wildman–Crippen MR) is 156 cm³/mol. The van der Waals surface area contributed by atoms with Crippen LogP contribution in [0.2, 0.25) is 0 Å². The maximum atomic E-state index is 13.3. The predicted octanol–water partition coefficient (Wildman–Crippen LogP) is 4.49. The van der Waals surface area contributed by atoms with Crippen LogP contribution in [0.15, 0.2) is 34.3 Å². The summed E-state index contributed by atoms with van der Waals surface area (Å²) in [5.41, 5.74) is 3.15. The molecule has 4 aliphatic rings. The number of ether oxygens (including phenoxy) is 2. The molecule has 1 saturated carbocycles. The fourth-order valence-corrected chi connectivity index (χ4v) is 6.47. The summed E-state index contributed by atoms with van der Waals surface area (Å²) in [6, 6.07) is 4.95. The number of benzene rings is 1. The third-order valence-corrected chi connectivity index (χ3v) is 9.23. The Balaban J connectivity index is 1.39. The van der Waals surface area contributed by atoms with E-state index in [0.29, 0.717) is 53.3 Å². The van der Waals surface area contributed by atoms with Gasteiger partial charge in [-0.15, -0.1) is 0 Å². The minimum atomic E-state index is -0.650. The van der Waals surface area contributed by atoms with Crippen molar-refractivity contribution in [3.63, 3.8) is 0 Å². The first kappa shape index (κ1) is 29.2. The maximum Gasteiger partial charge on any atom is 0.243 e. The molecule has 1 aromatic carbocycles. The summed E-state index contributed by atoms with van der Waals surface area (Å²) >= 11 is 0. The van der Waals surface area contributed by atoms with E-state index in [-0.39, 0.29) is 30.8 Å². The molecule has 222 valence electrons. The molecule has 2 aromatic rings. The minimum Gasteiger partial charge on any atom is -0.493 e. The summed E-state index contributed by atoms with van der Waals surface area (Å²) in [6.45, 7) is 12.7. The lowest BCUT2D eigenvalue weighted by Crippen LogP contribution is -2.53. The molecule has 0 saturated heterocycles. The topological polar surface area (TPSA) is 106 Å². The second-order valence-corrected chi connectivity index (χ2v) is 12.6. The summed E-state index contributed by atoms with van der Waals surface area (Å²) < 4.78 is 17.7. The van der Waals surface area contributed by atoms with Crippen molar-refractivity contribution >= 4 is 11.8 Å². The van der Waals surface area contributed by atoms with Crippen LogP contribution in [-0.2, 0) is 16.1 Å². The lowest BCUT2D eigenvalue weighted by Gasteiger charge is -2.57. The van der Waals surface area contributed by atoms with Gasteiger partial charge in [-0.2, -0.15) is 0 Å². The summed E-state index contributed by atoms with van der Waals surface area (Å²) in [4.78, 5) is 33.4. The lowest BCUT2D eigenvalue weighted by molar-refractivity contribution is -0.130. The number of nitrogens with one attached hydrogen (secondary N) is 2. The number of hydrogen-bond donors (Lipinski definition) is 2. The van der Waals surface area contributed by atoms with Gasteiger partial charge in [-0.3, -0.25) is 14.5 Å². The molecule has 0 spiro atoms. The van der Waals surface area contributed by atoms with Crippen LogP contribution >= 0.6 is 0 Å². The molecule has 9 nitrogen and oxygen atoms in total. The first-order valence-electron chi connectivity index (χ1n) is 14.8. The molecule has 1 fully saturated rings. The molecule has 1 aromatic heterocycles. The average Bonchev–Trinajstić information content (AvgIpc) is 3.32. The number of amides is 2. The van der Waals surface area contributed by atoms with Crippen LogP contribution in [0.3, 0.4) is 0 Å². The van der Waals surface area contributed by atoms with E-state index in [2.05, 4.69) is 40.4 Å². The van der Waals surface area contributed by atoms with Crippen molar-refractivity contribution in [3.8, 4) is 23.0 Å². The fraction of sp³-hybridized carbons (Fsp3) is 0.594. The van der Waals surface area contributed by atoms with Crippen LogP contribution in [0.1, 0.15) is 58.4 Å². The third kappa shape index (κ3) is 6.15. The minimum absolute atomic E-state index is 0.0770. The second-order valence-electron chi connectivity index (χ2n) is 12.6. The molecule has 6 bridgehead atoms. The summed E-state index contributed by atoms with van der Waals surface area (Å²) in [7, 11) is 1.62. The Morgan fingerprint density at radius 2 is 2.05 bits per heavy atom. The number of aromatic nitrogens is 1. The van der Waals surface area contributed by atoms with Crippen molar-refractivity contribution in [2.24, 2.45) is 23.2 Å². The molecule has 0 unspecified atom stereocenters. The summed E-state index contributed by atoms with van der Waals surface area (Å²) in [5, 5.41) is 5.96. The normalized spacial score (nSPS) is 25.1. The van der Waals surface area contributed by atoms with Crippen molar-refractivity contribution < 1.29 is 23.5 Å². The van der Waals surface area contributed by atoms with Gasteiger partial charge in [0.2, 0.25) is 17.7 Å². The molecule has 3 aliphatic carbocycles. The highest BCUT2D eigenvalue weighted by molar-refractivity contribution is 5.88. The van der Waals surface area contributed by atoms with E-state index < -0.39 is 6.04 Å². The Hall–Kier alpha value is -3.33. The highest BCUT2D eigenvalue weighted by atomic mass is 16.5. The van der Waals surface area contributed by atoms with E-state index >= 15 is 0 Å². The monoisotopic (exact) mass is 564 g/mol. The Bertz CT molecular complexity index is 1310. The average molecular weight is 565 g/mol. The molecule has 6 rings (SSSR count). The van der Waals surface area contributed by atoms with Crippen LogP contribution in [0.25, 0.3) is 11.5 Å². The van der Waals surface area contributed by atoms with Crippen molar-refractivity contribution in [2.75, 3.05) is 33.4 Å². The van der Waals surface area contributed by atoms with Crippen LogP contribution in [-0.4, -0.2) is 61.1 Å². The summed E-state index contributed by atoms with van der Waals surface area (Å²) in [5.74, 6) is 3.16. The van der Waals surface area contributed by atoms with E-state index in [1.54, 1.807) is 7.11 Å². The van der Waals surface area contributed by atoms with Gasteiger partial charge in [0, 0.05) is 18.7 Å². The van der Waals surface area contributed by atoms with Crippen molar-refractivity contribution in [1.82, 2.24) is 20.5 Å². The Morgan fingerprint density at radius 3 is 2.76 bits per heavy atom. The van der Waals surface area contributed by atoms with E-state index in [1.807, 2.05) is 39.0 Å². The zero-order valence-electron chi connectivity index (χ0n) is 25.2. The fourth-order valence-electron chi connectivity index (χ4n) is 6.47. The second kappa shape index (κ2) is 11.9. The maximum absolute atomic E-state index is 13.3. The highest BCUT2D eigenvalue weighted by Crippen LogP contribution is 2.59.